The van der Waals surface area contributed by atoms with Gasteiger partial charge in [0.05, 0.1) is 16.4 Å². The maximum Gasteiger partial charge on any atom is 0.230 e. The Kier molecular flexibility index (Phi) is 6.48. The Labute approximate surface area is 179 Å². The van der Waals surface area contributed by atoms with Crippen LogP contribution in [0, 0.1) is 27.7 Å². The highest BCUT2D eigenvalue weighted by Gasteiger charge is 2.22. The van der Waals surface area contributed by atoms with Crippen molar-refractivity contribution in [1.29, 1.82) is 0 Å². The first-order valence-electron chi connectivity index (χ1n) is 8.98. The second kappa shape index (κ2) is 8.68. The van der Waals surface area contributed by atoms with Gasteiger partial charge in [0.25, 0.3) is 0 Å². The fourth-order valence-corrected chi connectivity index (χ4v) is 5.46. The summed E-state index contributed by atoms with van der Waals surface area (Å²) in [5, 5.41) is 3.23. The van der Waals surface area contributed by atoms with E-state index in [2.05, 4.69) is 32.0 Å². The standard InChI is InChI=1S/C22H23ClN2OS2/c1-13-6-7-15(3)20(10-13)27-11-18-12-28-22(24-18)25(17(5)26)21-16(4)8-14(2)9-19(21)23/h6-10,12H,11H2,1-5H3. The molecule has 1 aromatic heterocycles. The van der Waals surface area contributed by atoms with Gasteiger partial charge in [-0.25, -0.2) is 4.98 Å². The third kappa shape index (κ3) is 4.59. The van der Waals surface area contributed by atoms with Crippen molar-refractivity contribution in [2.75, 3.05) is 4.90 Å². The molecule has 1 amide bonds. The third-order valence-electron chi connectivity index (χ3n) is 4.39. The van der Waals surface area contributed by atoms with Crippen molar-refractivity contribution in [2.45, 2.75) is 45.3 Å². The van der Waals surface area contributed by atoms with E-state index in [1.54, 1.807) is 23.6 Å². The van der Waals surface area contributed by atoms with E-state index in [-0.39, 0.29) is 5.91 Å². The van der Waals surface area contributed by atoms with Crippen molar-refractivity contribution in [3.8, 4) is 0 Å². The number of aryl methyl sites for hydroxylation is 4. The summed E-state index contributed by atoms with van der Waals surface area (Å²) in [6.45, 7) is 9.72. The van der Waals surface area contributed by atoms with Crippen LogP contribution in [0.1, 0.15) is 34.9 Å². The summed E-state index contributed by atoms with van der Waals surface area (Å²) in [4.78, 5) is 20.0. The molecule has 2 aromatic carbocycles. The van der Waals surface area contributed by atoms with Gasteiger partial charge in [0.1, 0.15) is 0 Å². The molecule has 0 saturated carbocycles. The molecule has 0 aliphatic heterocycles. The normalized spacial score (nSPS) is 10.9. The molecular formula is C22H23ClN2OS2. The van der Waals surface area contributed by atoms with Gasteiger partial charge in [-0.3, -0.25) is 9.69 Å². The highest BCUT2D eigenvalue weighted by Crippen LogP contribution is 2.38. The fraction of sp³-hybridized carbons (Fsp3) is 0.273. The molecule has 0 aliphatic carbocycles. The molecule has 0 N–H and O–H groups in total. The summed E-state index contributed by atoms with van der Waals surface area (Å²) >= 11 is 9.72. The average molecular weight is 431 g/mol. The number of rotatable bonds is 5. The van der Waals surface area contributed by atoms with Crippen LogP contribution < -0.4 is 4.90 Å². The molecular weight excluding hydrogens is 408 g/mol. The van der Waals surface area contributed by atoms with Gasteiger partial charge in [0.2, 0.25) is 5.91 Å². The molecule has 0 atom stereocenters. The van der Waals surface area contributed by atoms with Crippen LogP contribution in [0.3, 0.4) is 0 Å². The van der Waals surface area contributed by atoms with Gasteiger partial charge in [-0.2, -0.15) is 0 Å². The van der Waals surface area contributed by atoms with Crippen LogP contribution >= 0.6 is 34.7 Å². The van der Waals surface area contributed by atoms with Crippen molar-refractivity contribution in [2.24, 2.45) is 0 Å². The second-order valence-electron chi connectivity index (χ2n) is 6.95. The number of carbonyl (C=O) groups excluding carboxylic acids is 1. The SMILES string of the molecule is CC(=O)N(c1nc(CSc2cc(C)ccc2C)cs1)c1c(C)cc(C)cc1Cl. The molecule has 0 bridgehead atoms. The van der Waals surface area contributed by atoms with Gasteiger partial charge < -0.3 is 0 Å². The Morgan fingerprint density at radius 1 is 1.11 bits per heavy atom. The minimum Gasteiger partial charge on any atom is -0.274 e. The molecule has 1 heterocycles. The Morgan fingerprint density at radius 3 is 2.54 bits per heavy atom. The van der Waals surface area contributed by atoms with E-state index in [0.29, 0.717) is 15.8 Å². The number of aromatic nitrogens is 1. The van der Waals surface area contributed by atoms with E-state index >= 15 is 0 Å². The van der Waals surface area contributed by atoms with Crippen molar-refractivity contribution in [1.82, 2.24) is 4.98 Å². The summed E-state index contributed by atoms with van der Waals surface area (Å²) in [7, 11) is 0. The molecule has 146 valence electrons. The lowest BCUT2D eigenvalue weighted by atomic mass is 10.1. The zero-order chi connectivity index (χ0) is 20.4. The van der Waals surface area contributed by atoms with E-state index in [0.717, 1.165) is 22.6 Å². The number of carbonyl (C=O) groups is 1. The van der Waals surface area contributed by atoms with Gasteiger partial charge >= 0.3 is 0 Å². The minimum absolute atomic E-state index is 0.100. The molecule has 0 radical (unpaired) electrons. The van der Waals surface area contributed by atoms with Crippen LogP contribution in [0.2, 0.25) is 5.02 Å². The molecule has 28 heavy (non-hydrogen) atoms. The van der Waals surface area contributed by atoms with Crippen LogP contribution in [-0.2, 0) is 10.5 Å². The number of anilines is 2. The number of hydrogen-bond acceptors (Lipinski definition) is 4. The fourth-order valence-electron chi connectivity index (χ4n) is 3.06. The summed E-state index contributed by atoms with van der Waals surface area (Å²) in [5.41, 5.74) is 6.21. The lowest BCUT2D eigenvalue weighted by Crippen LogP contribution is -2.24. The first-order chi connectivity index (χ1) is 13.3. The molecule has 3 nitrogen and oxygen atoms in total. The second-order valence-corrected chi connectivity index (χ2v) is 9.21. The first kappa shape index (κ1) is 20.9. The number of hydrogen-bond donors (Lipinski definition) is 0. The Morgan fingerprint density at radius 2 is 1.86 bits per heavy atom. The molecule has 6 heteroatoms. The molecule has 0 spiro atoms. The quantitative estimate of drug-likeness (QED) is 0.408. The number of amides is 1. The van der Waals surface area contributed by atoms with Crippen LogP contribution in [-0.4, -0.2) is 10.9 Å². The molecule has 3 rings (SSSR count). The maximum atomic E-state index is 12.4. The minimum atomic E-state index is -0.100. The van der Waals surface area contributed by atoms with Crippen LogP contribution in [0.4, 0.5) is 10.8 Å². The van der Waals surface area contributed by atoms with E-state index in [4.69, 9.17) is 16.6 Å². The smallest absolute Gasteiger partial charge is 0.230 e. The Bertz CT molecular complexity index is 1010. The summed E-state index contributed by atoms with van der Waals surface area (Å²) < 4.78 is 0. The van der Waals surface area contributed by atoms with Gasteiger partial charge in [-0.05, 0) is 56.5 Å². The number of thiazole rings is 1. The summed E-state index contributed by atoms with van der Waals surface area (Å²) in [5.74, 6) is 0.657. The number of benzene rings is 2. The van der Waals surface area contributed by atoms with E-state index in [1.807, 2.05) is 31.4 Å². The highest BCUT2D eigenvalue weighted by atomic mass is 35.5. The summed E-state index contributed by atoms with van der Waals surface area (Å²) in [6, 6.07) is 10.4. The predicted molar refractivity (Wildman–Crippen MR) is 121 cm³/mol. The number of halogens is 1. The highest BCUT2D eigenvalue weighted by molar-refractivity contribution is 7.98. The van der Waals surface area contributed by atoms with Gasteiger partial charge in [-0.15, -0.1) is 23.1 Å². The number of thioether (sulfide) groups is 1. The van der Waals surface area contributed by atoms with Gasteiger partial charge in [-0.1, -0.05) is 35.4 Å². The van der Waals surface area contributed by atoms with Crippen LogP contribution in [0.5, 0.6) is 0 Å². The zero-order valence-electron chi connectivity index (χ0n) is 16.7. The monoisotopic (exact) mass is 430 g/mol. The van der Waals surface area contributed by atoms with Crippen LogP contribution in [0.25, 0.3) is 0 Å². The maximum absolute atomic E-state index is 12.4. The van der Waals surface area contributed by atoms with E-state index < -0.39 is 0 Å². The van der Waals surface area contributed by atoms with Crippen molar-refractivity contribution < 1.29 is 4.79 Å². The van der Waals surface area contributed by atoms with Crippen molar-refractivity contribution in [3.63, 3.8) is 0 Å². The summed E-state index contributed by atoms with van der Waals surface area (Å²) in [6.07, 6.45) is 0. The van der Waals surface area contributed by atoms with Crippen molar-refractivity contribution in [3.05, 3.63) is 68.7 Å². The largest absolute Gasteiger partial charge is 0.274 e. The molecule has 0 unspecified atom stereocenters. The van der Waals surface area contributed by atoms with E-state index in [9.17, 15) is 4.79 Å². The first-order valence-corrected chi connectivity index (χ1v) is 11.2. The lowest BCUT2D eigenvalue weighted by Gasteiger charge is -2.22. The third-order valence-corrected chi connectivity index (χ3v) is 6.74. The molecule has 0 fully saturated rings. The van der Waals surface area contributed by atoms with Gasteiger partial charge in [0, 0.05) is 23.0 Å². The van der Waals surface area contributed by atoms with Crippen LogP contribution in [0.15, 0.2) is 40.6 Å². The van der Waals surface area contributed by atoms with E-state index in [1.165, 1.54) is 27.4 Å². The molecule has 3 aromatic rings. The topological polar surface area (TPSA) is 33.2 Å². The predicted octanol–water partition coefficient (Wildman–Crippen LogP) is 7.01. The molecule has 0 aliphatic rings. The lowest BCUT2D eigenvalue weighted by molar-refractivity contribution is -0.115. The van der Waals surface area contributed by atoms with Gasteiger partial charge in [0.15, 0.2) is 5.13 Å². The number of nitrogens with zero attached hydrogens (tertiary/aromatic N) is 2. The Hall–Kier alpha value is -1.82. The zero-order valence-corrected chi connectivity index (χ0v) is 19.1. The molecule has 0 saturated heterocycles. The average Bonchev–Trinajstić information content (AvgIpc) is 3.06. The Balaban J connectivity index is 1.86. The van der Waals surface area contributed by atoms with Crippen molar-refractivity contribution >= 4 is 51.4 Å².